The third-order valence-electron chi connectivity index (χ3n) is 7.02. The molecule has 1 atom stereocenters. The first kappa shape index (κ1) is 23.1. The number of hydrogen-bond acceptors (Lipinski definition) is 5. The van der Waals surface area contributed by atoms with E-state index in [1.807, 2.05) is 18.5 Å². The van der Waals surface area contributed by atoms with Crippen LogP contribution < -0.4 is 4.72 Å². The molecule has 0 bridgehead atoms. The molecule has 0 fully saturated rings. The zero-order valence-corrected chi connectivity index (χ0v) is 20.5. The molecule has 0 saturated heterocycles. The summed E-state index contributed by atoms with van der Waals surface area (Å²) in [7, 11) is -3.15. The lowest BCUT2D eigenvalue weighted by molar-refractivity contribution is 0.160. The highest BCUT2D eigenvalue weighted by atomic mass is 32.2. The SMILES string of the molecule is CS(=O)(=O)NCCCCN(Cc1nccc2c1Cc1ccccc1-2)[C@H]1CCCc2cccnc21. The number of hydrogen-bond donors (Lipinski definition) is 1. The molecule has 0 spiro atoms. The first-order valence-electron chi connectivity index (χ1n) is 12.2. The van der Waals surface area contributed by atoms with Crippen molar-refractivity contribution in [3.63, 3.8) is 0 Å². The summed E-state index contributed by atoms with van der Waals surface area (Å²) >= 11 is 0. The number of fused-ring (bicyclic) bond motifs is 4. The van der Waals surface area contributed by atoms with E-state index in [2.05, 4.69) is 46.0 Å². The molecule has 2 heterocycles. The number of pyridine rings is 2. The van der Waals surface area contributed by atoms with Gasteiger partial charge in [0.05, 0.1) is 23.7 Å². The minimum Gasteiger partial charge on any atom is -0.289 e. The van der Waals surface area contributed by atoms with E-state index in [9.17, 15) is 8.42 Å². The number of nitrogens with one attached hydrogen (secondary N) is 1. The fraction of sp³-hybridized carbons (Fsp3) is 0.407. The highest BCUT2D eigenvalue weighted by Gasteiger charge is 2.29. The van der Waals surface area contributed by atoms with Crippen molar-refractivity contribution in [2.45, 2.75) is 51.1 Å². The van der Waals surface area contributed by atoms with Crippen molar-refractivity contribution in [2.75, 3.05) is 19.3 Å². The van der Waals surface area contributed by atoms with Gasteiger partial charge in [0.1, 0.15) is 0 Å². The molecule has 0 unspecified atom stereocenters. The number of nitrogens with zero attached hydrogens (tertiary/aromatic N) is 3. The fourth-order valence-corrected chi connectivity index (χ4v) is 5.94. The summed E-state index contributed by atoms with van der Waals surface area (Å²) in [5.74, 6) is 0. The highest BCUT2D eigenvalue weighted by molar-refractivity contribution is 7.88. The average Bonchev–Trinajstić information content (AvgIpc) is 3.22. The predicted octanol–water partition coefficient (Wildman–Crippen LogP) is 4.26. The summed E-state index contributed by atoms with van der Waals surface area (Å²) in [5.41, 5.74) is 9.02. The van der Waals surface area contributed by atoms with Gasteiger partial charge in [-0.25, -0.2) is 13.1 Å². The number of sulfonamides is 1. The Morgan fingerprint density at radius 2 is 1.85 bits per heavy atom. The Labute approximate surface area is 202 Å². The quantitative estimate of drug-likeness (QED) is 0.366. The third-order valence-corrected chi connectivity index (χ3v) is 7.74. The summed E-state index contributed by atoms with van der Waals surface area (Å²) in [6.07, 6.45) is 11.0. The van der Waals surface area contributed by atoms with Gasteiger partial charge in [0.15, 0.2) is 0 Å². The highest BCUT2D eigenvalue weighted by Crippen LogP contribution is 2.39. The van der Waals surface area contributed by atoms with E-state index in [-0.39, 0.29) is 6.04 Å². The van der Waals surface area contributed by atoms with Gasteiger partial charge < -0.3 is 0 Å². The molecule has 7 heteroatoms. The lowest BCUT2D eigenvalue weighted by Crippen LogP contribution is -2.33. The molecule has 2 aromatic heterocycles. The first-order chi connectivity index (χ1) is 16.5. The Balaban J connectivity index is 1.39. The molecule has 3 aromatic rings. The van der Waals surface area contributed by atoms with Crippen LogP contribution in [0.25, 0.3) is 11.1 Å². The summed E-state index contributed by atoms with van der Waals surface area (Å²) < 4.78 is 25.4. The Morgan fingerprint density at radius 1 is 1.00 bits per heavy atom. The average molecular weight is 477 g/mol. The number of benzene rings is 1. The minimum absolute atomic E-state index is 0.259. The summed E-state index contributed by atoms with van der Waals surface area (Å²) in [6.45, 7) is 2.13. The molecule has 1 N–H and O–H groups in total. The molecule has 0 saturated carbocycles. The van der Waals surface area contributed by atoms with Gasteiger partial charge in [-0.1, -0.05) is 30.3 Å². The van der Waals surface area contributed by atoms with Crippen LogP contribution in [0, 0.1) is 0 Å². The minimum atomic E-state index is -3.15. The van der Waals surface area contributed by atoms with E-state index < -0.39 is 10.0 Å². The summed E-state index contributed by atoms with van der Waals surface area (Å²) in [5, 5.41) is 0. The monoisotopic (exact) mass is 476 g/mol. The van der Waals surface area contributed by atoms with E-state index in [1.165, 1.54) is 39.8 Å². The van der Waals surface area contributed by atoms with Crippen molar-refractivity contribution in [2.24, 2.45) is 0 Å². The van der Waals surface area contributed by atoms with Gasteiger partial charge in [-0.05, 0) is 78.6 Å². The van der Waals surface area contributed by atoms with Crippen LogP contribution in [-0.4, -0.2) is 42.6 Å². The molecule has 2 aliphatic carbocycles. The van der Waals surface area contributed by atoms with Crippen LogP contribution >= 0.6 is 0 Å². The number of aryl methyl sites for hydroxylation is 1. The van der Waals surface area contributed by atoms with Crippen molar-refractivity contribution in [3.8, 4) is 11.1 Å². The van der Waals surface area contributed by atoms with Crippen LogP contribution in [0.2, 0.25) is 0 Å². The van der Waals surface area contributed by atoms with Gasteiger partial charge >= 0.3 is 0 Å². The second-order valence-electron chi connectivity index (χ2n) is 9.42. The normalized spacial score (nSPS) is 16.8. The molecule has 5 rings (SSSR count). The second-order valence-corrected chi connectivity index (χ2v) is 11.3. The second kappa shape index (κ2) is 9.94. The van der Waals surface area contributed by atoms with E-state index in [0.717, 1.165) is 57.3 Å². The van der Waals surface area contributed by atoms with Crippen molar-refractivity contribution in [1.29, 1.82) is 0 Å². The molecular weight excluding hydrogens is 444 g/mol. The van der Waals surface area contributed by atoms with Gasteiger partial charge in [-0.3, -0.25) is 14.9 Å². The Hall–Kier alpha value is -2.61. The molecule has 6 nitrogen and oxygen atoms in total. The topological polar surface area (TPSA) is 75.2 Å². The molecule has 0 amide bonds. The maximum Gasteiger partial charge on any atom is 0.208 e. The maximum absolute atomic E-state index is 11.4. The number of rotatable bonds is 9. The molecule has 34 heavy (non-hydrogen) atoms. The van der Waals surface area contributed by atoms with Gasteiger partial charge in [0, 0.05) is 31.9 Å². The van der Waals surface area contributed by atoms with Crippen LogP contribution in [0.5, 0.6) is 0 Å². The number of unbranched alkanes of at least 4 members (excludes halogenated alkanes) is 1. The van der Waals surface area contributed by atoms with Crippen LogP contribution in [-0.2, 0) is 29.4 Å². The summed E-state index contributed by atoms with van der Waals surface area (Å²) in [6, 6.07) is 15.3. The van der Waals surface area contributed by atoms with Crippen LogP contribution in [0.4, 0.5) is 0 Å². The largest absolute Gasteiger partial charge is 0.289 e. The van der Waals surface area contributed by atoms with E-state index >= 15 is 0 Å². The number of aromatic nitrogens is 2. The van der Waals surface area contributed by atoms with Crippen molar-refractivity contribution < 1.29 is 8.42 Å². The standard InChI is InChI=1S/C27H32N4O2S/c1-34(32,33)30-15-4-5-17-31(26-12-6-9-20-10-7-14-29-27(20)26)19-25-24-18-21-8-2-3-11-22(21)23(24)13-16-28-25/h2-3,7-8,10-11,13-14,16,26,30H,4-6,9,12,15,17-19H2,1H3/t26-/m0/s1. The third kappa shape index (κ3) is 5.06. The van der Waals surface area contributed by atoms with Gasteiger partial charge in [0.2, 0.25) is 10.0 Å². The zero-order chi connectivity index (χ0) is 23.5. The van der Waals surface area contributed by atoms with Crippen molar-refractivity contribution in [3.05, 3.63) is 82.9 Å². The molecular formula is C27H32N4O2S. The fourth-order valence-electron chi connectivity index (χ4n) is 5.42. The molecule has 2 aliphatic rings. The lowest BCUT2D eigenvalue weighted by atomic mass is 9.90. The van der Waals surface area contributed by atoms with E-state index in [1.54, 1.807) is 0 Å². The Morgan fingerprint density at radius 3 is 2.74 bits per heavy atom. The Kier molecular flexibility index (Phi) is 6.77. The predicted molar refractivity (Wildman–Crippen MR) is 135 cm³/mol. The van der Waals surface area contributed by atoms with Crippen LogP contribution in [0.1, 0.15) is 59.8 Å². The van der Waals surface area contributed by atoms with Crippen LogP contribution in [0.3, 0.4) is 0 Å². The lowest BCUT2D eigenvalue weighted by Gasteiger charge is -2.35. The van der Waals surface area contributed by atoms with Gasteiger partial charge in [-0.2, -0.15) is 0 Å². The molecule has 0 aliphatic heterocycles. The van der Waals surface area contributed by atoms with Gasteiger partial charge in [0.25, 0.3) is 0 Å². The smallest absolute Gasteiger partial charge is 0.208 e. The molecule has 1 aromatic carbocycles. The molecule has 178 valence electrons. The van der Waals surface area contributed by atoms with Gasteiger partial charge in [-0.15, -0.1) is 0 Å². The van der Waals surface area contributed by atoms with Crippen molar-refractivity contribution in [1.82, 2.24) is 19.6 Å². The Bertz CT molecular complexity index is 1280. The van der Waals surface area contributed by atoms with E-state index in [0.29, 0.717) is 6.54 Å². The van der Waals surface area contributed by atoms with Crippen molar-refractivity contribution >= 4 is 10.0 Å². The first-order valence-corrected chi connectivity index (χ1v) is 14.1. The zero-order valence-electron chi connectivity index (χ0n) is 19.7. The summed E-state index contributed by atoms with van der Waals surface area (Å²) in [4.78, 5) is 12.2. The van der Waals surface area contributed by atoms with Crippen LogP contribution in [0.15, 0.2) is 54.9 Å². The molecule has 0 radical (unpaired) electrons. The van der Waals surface area contributed by atoms with E-state index in [4.69, 9.17) is 9.97 Å². The maximum atomic E-state index is 11.4.